The van der Waals surface area contributed by atoms with E-state index in [2.05, 4.69) is 27.5 Å². The molecule has 0 aliphatic heterocycles. The van der Waals surface area contributed by atoms with Gasteiger partial charge in [-0.25, -0.2) is 5.10 Å². The van der Waals surface area contributed by atoms with Crippen LogP contribution in [0.4, 0.5) is 0 Å². The Labute approximate surface area is 62.4 Å². The van der Waals surface area contributed by atoms with Crippen LogP contribution in [0.15, 0.2) is 16.9 Å². The topological polar surface area (TPSA) is 67.6 Å². The second-order valence-electron chi connectivity index (χ2n) is 2.06. The number of hydrogen-bond acceptors (Lipinski definition) is 4. The van der Waals surface area contributed by atoms with Crippen molar-refractivity contribution in [2.75, 3.05) is 0 Å². The minimum atomic E-state index is 0.573. The fraction of sp³-hybridized carbons (Fsp3) is 0. The molecule has 0 aromatic carbocycles. The van der Waals surface area contributed by atoms with E-state index in [0.717, 1.165) is 11.1 Å². The molecule has 1 radical (unpaired) electrons. The molecule has 11 heavy (non-hydrogen) atoms. The van der Waals surface area contributed by atoms with Crippen molar-refractivity contribution in [2.45, 2.75) is 0 Å². The standard InChI is InChI=1S/C6H5N4O/c1-4-2-11-3-5(4)6-7-9-10-8-6/h2-3H,1H2,(H,7,8,9,10). The van der Waals surface area contributed by atoms with Gasteiger partial charge in [0, 0.05) is 5.56 Å². The average Bonchev–Trinajstić information content (AvgIpc) is 2.55. The Bertz CT molecular complexity index is 337. The monoisotopic (exact) mass is 149 g/mol. The number of hydrogen-bond donors (Lipinski definition) is 1. The first-order valence-electron chi connectivity index (χ1n) is 3.00. The Morgan fingerprint density at radius 1 is 1.45 bits per heavy atom. The summed E-state index contributed by atoms with van der Waals surface area (Å²) < 4.78 is 4.89. The first-order valence-corrected chi connectivity index (χ1v) is 3.00. The van der Waals surface area contributed by atoms with Gasteiger partial charge in [-0.2, -0.15) is 0 Å². The number of aromatic nitrogens is 4. The molecule has 0 unspecified atom stereocenters. The Morgan fingerprint density at radius 2 is 2.36 bits per heavy atom. The molecule has 0 atom stereocenters. The van der Waals surface area contributed by atoms with E-state index in [1.807, 2.05) is 0 Å². The van der Waals surface area contributed by atoms with Crippen LogP contribution in [0.25, 0.3) is 11.4 Å². The fourth-order valence-corrected chi connectivity index (χ4v) is 0.805. The Balaban J connectivity index is 2.53. The maximum Gasteiger partial charge on any atom is 0.182 e. The van der Waals surface area contributed by atoms with E-state index >= 15 is 0 Å². The highest BCUT2D eigenvalue weighted by molar-refractivity contribution is 5.58. The summed E-state index contributed by atoms with van der Waals surface area (Å²) in [5.74, 6) is 0.573. The van der Waals surface area contributed by atoms with Gasteiger partial charge in [-0.1, -0.05) is 0 Å². The smallest absolute Gasteiger partial charge is 0.182 e. The third-order valence-corrected chi connectivity index (χ3v) is 1.34. The summed E-state index contributed by atoms with van der Waals surface area (Å²) in [5.41, 5.74) is 1.55. The third-order valence-electron chi connectivity index (χ3n) is 1.34. The zero-order chi connectivity index (χ0) is 7.68. The van der Waals surface area contributed by atoms with Crippen LogP contribution in [0.2, 0.25) is 0 Å². The molecule has 2 heterocycles. The summed E-state index contributed by atoms with van der Waals surface area (Å²) in [5, 5.41) is 13.2. The van der Waals surface area contributed by atoms with Crippen molar-refractivity contribution < 1.29 is 4.42 Å². The van der Waals surface area contributed by atoms with Gasteiger partial charge in [-0.3, -0.25) is 0 Å². The van der Waals surface area contributed by atoms with Gasteiger partial charge in [-0.05, 0) is 17.4 Å². The average molecular weight is 149 g/mol. The molecule has 0 aliphatic rings. The van der Waals surface area contributed by atoms with Crippen LogP contribution in [-0.2, 0) is 0 Å². The zero-order valence-corrected chi connectivity index (χ0v) is 5.61. The lowest BCUT2D eigenvalue weighted by Gasteiger charge is -1.86. The van der Waals surface area contributed by atoms with Crippen molar-refractivity contribution in [1.82, 2.24) is 20.6 Å². The number of rotatable bonds is 1. The number of nitrogens with one attached hydrogen (secondary N) is 1. The summed E-state index contributed by atoms with van der Waals surface area (Å²) in [4.78, 5) is 0. The molecule has 2 aromatic heterocycles. The summed E-state index contributed by atoms with van der Waals surface area (Å²) in [6, 6.07) is 0. The molecule has 0 saturated heterocycles. The predicted octanol–water partition coefficient (Wildman–Crippen LogP) is 0.642. The van der Waals surface area contributed by atoms with E-state index in [-0.39, 0.29) is 0 Å². The Kier molecular flexibility index (Phi) is 1.21. The molecular formula is C6H5N4O. The molecule has 1 N–H and O–H groups in total. The minimum absolute atomic E-state index is 0.573. The summed E-state index contributed by atoms with van der Waals surface area (Å²) in [6.45, 7) is 3.73. The van der Waals surface area contributed by atoms with E-state index < -0.39 is 0 Å². The highest BCUT2D eigenvalue weighted by atomic mass is 16.3. The third kappa shape index (κ3) is 0.899. The molecule has 2 aromatic rings. The normalized spacial score (nSPS) is 10.3. The van der Waals surface area contributed by atoms with Crippen LogP contribution < -0.4 is 0 Å². The summed E-state index contributed by atoms with van der Waals surface area (Å²) >= 11 is 0. The van der Waals surface area contributed by atoms with E-state index in [9.17, 15) is 0 Å². The van der Waals surface area contributed by atoms with Crippen molar-refractivity contribution in [1.29, 1.82) is 0 Å². The lowest BCUT2D eigenvalue weighted by atomic mass is 10.2. The minimum Gasteiger partial charge on any atom is -0.472 e. The molecule has 5 nitrogen and oxygen atoms in total. The zero-order valence-electron chi connectivity index (χ0n) is 5.61. The van der Waals surface area contributed by atoms with Gasteiger partial charge in [0.05, 0.1) is 11.8 Å². The van der Waals surface area contributed by atoms with Crippen molar-refractivity contribution in [3.05, 3.63) is 25.0 Å². The quantitative estimate of drug-likeness (QED) is 0.646. The maximum atomic E-state index is 4.89. The van der Waals surface area contributed by atoms with E-state index in [1.54, 1.807) is 6.26 Å². The number of tetrazole rings is 1. The van der Waals surface area contributed by atoms with Crippen LogP contribution in [0.5, 0.6) is 0 Å². The second-order valence-corrected chi connectivity index (χ2v) is 2.06. The van der Waals surface area contributed by atoms with E-state index in [1.165, 1.54) is 6.26 Å². The van der Waals surface area contributed by atoms with E-state index in [0.29, 0.717) is 5.82 Å². The molecule has 0 saturated carbocycles. The first kappa shape index (κ1) is 6.09. The van der Waals surface area contributed by atoms with Gasteiger partial charge in [0.1, 0.15) is 6.26 Å². The van der Waals surface area contributed by atoms with Crippen LogP contribution in [0, 0.1) is 6.92 Å². The molecule has 2 rings (SSSR count). The van der Waals surface area contributed by atoms with Crippen LogP contribution in [0.1, 0.15) is 5.56 Å². The number of aromatic amines is 1. The number of furan rings is 1. The maximum absolute atomic E-state index is 4.89. The number of nitrogens with zero attached hydrogens (tertiary/aromatic N) is 3. The van der Waals surface area contributed by atoms with Gasteiger partial charge in [-0.15, -0.1) is 5.10 Å². The van der Waals surface area contributed by atoms with Gasteiger partial charge >= 0.3 is 0 Å². The molecular weight excluding hydrogens is 144 g/mol. The van der Waals surface area contributed by atoms with Crippen molar-refractivity contribution >= 4 is 0 Å². The lowest BCUT2D eigenvalue weighted by Crippen LogP contribution is -1.79. The van der Waals surface area contributed by atoms with Crippen molar-refractivity contribution in [3.8, 4) is 11.4 Å². The molecule has 0 amide bonds. The van der Waals surface area contributed by atoms with E-state index in [4.69, 9.17) is 4.42 Å². The second kappa shape index (κ2) is 2.19. The Hall–Kier alpha value is -1.65. The lowest BCUT2D eigenvalue weighted by molar-refractivity contribution is 0.567. The summed E-state index contributed by atoms with van der Waals surface area (Å²) in [7, 11) is 0. The highest BCUT2D eigenvalue weighted by Crippen LogP contribution is 2.18. The van der Waals surface area contributed by atoms with Crippen LogP contribution >= 0.6 is 0 Å². The van der Waals surface area contributed by atoms with Crippen molar-refractivity contribution in [2.24, 2.45) is 0 Å². The molecule has 0 spiro atoms. The fourth-order valence-electron chi connectivity index (χ4n) is 0.805. The molecule has 0 fully saturated rings. The van der Waals surface area contributed by atoms with Gasteiger partial charge in [0.2, 0.25) is 0 Å². The van der Waals surface area contributed by atoms with Gasteiger partial charge < -0.3 is 4.42 Å². The largest absolute Gasteiger partial charge is 0.472 e. The van der Waals surface area contributed by atoms with Crippen LogP contribution in [0.3, 0.4) is 0 Å². The predicted molar refractivity (Wildman–Crippen MR) is 36.3 cm³/mol. The van der Waals surface area contributed by atoms with Gasteiger partial charge in [0.15, 0.2) is 5.82 Å². The molecule has 0 aliphatic carbocycles. The number of H-pyrrole nitrogens is 1. The van der Waals surface area contributed by atoms with Crippen molar-refractivity contribution in [3.63, 3.8) is 0 Å². The van der Waals surface area contributed by atoms with Gasteiger partial charge in [0.25, 0.3) is 0 Å². The molecule has 5 heteroatoms. The molecule has 55 valence electrons. The SMILES string of the molecule is [CH2]c1cocc1-c1nnn[nH]1. The molecule has 0 bridgehead atoms. The van der Waals surface area contributed by atoms with Crippen LogP contribution in [-0.4, -0.2) is 20.6 Å². The Morgan fingerprint density at radius 3 is 2.91 bits per heavy atom. The first-order chi connectivity index (χ1) is 5.38. The summed E-state index contributed by atoms with van der Waals surface area (Å²) in [6.07, 6.45) is 3.09. The highest BCUT2D eigenvalue weighted by Gasteiger charge is 2.06.